The van der Waals surface area contributed by atoms with Gasteiger partial charge >= 0.3 is 0 Å². The number of aryl methyl sites for hydroxylation is 1. The van der Waals surface area contributed by atoms with Crippen molar-refractivity contribution in [3.63, 3.8) is 0 Å². The van der Waals surface area contributed by atoms with Crippen LogP contribution in [0.25, 0.3) is 22.4 Å². The number of sulfone groups is 1. The Morgan fingerprint density at radius 2 is 1.58 bits per heavy atom. The second kappa shape index (κ2) is 11.5. The van der Waals surface area contributed by atoms with E-state index >= 15 is 0 Å². The number of nitrogens with zero attached hydrogens (tertiary/aromatic N) is 2. The molecule has 0 aliphatic rings. The van der Waals surface area contributed by atoms with E-state index in [1.54, 1.807) is 24.3 Å². The maximum Gasteiger partial charge on any atom is 0.157 e. The highest BCUT2D eigenvalue weighted by atomic mass is 32.2. The predicted octanol–water partition coefficient (Wildman–Crippen LogP) is 5.66. The summed E-state index contributed by atoms with van der Waals surface area (Å²) in [7, 11) is -3.51. The lowest BCUT2D eigenvalue weighted by molar-refractivity contribution is 0.222. The lowest BCUT2D eigenvalue weighted by Crippen LogP contribution is -2.24. The molecule has 0 spiro atoms. The third-order valence-electron chi connectivity index (χ3n) is 5.62. The molecular weight excluding hydrogens is 488 g/mol. The van der Waals surface area contributed by atoms with Gasteiger partial charge in [-0.3, -0.25) is 0 Å². The molecule has 4 aromatic rings. The predicted molar refractivity (Wildman–Crippen MR) is 145 cm³/mol. The third-order valence-corrected chi connectivity index (χ3v) is 8.40. The summed E-state index contributed by atoms with van der Waals surface area (Å²) in [6.45, 7) is 2.01. The average Bonchev–Trinajstić information content (AvgIpc) is 2.88. The first-order valence-corrected chi connectivity index (χ1v) is 14.3. The van der Waals surface area contributed by atoms with E-state index in [2.05, 4.69) is 6.07 Å². The van der Waals surface area contributed by atoms with Crippen LogP contribution in [0.1, 0.15) is 16.7 Å². The third kappa shape index (κ3) is 6.61. The number of benzene rings is 3. The van der Waals surface area contributed by atoms with Crippen molar-refractivity contribution in [3.8, 4) is 28.5 Å². The molecule has 0 saturated carbocycles. The van der Waals surface area contributed by atoms with Crippen LogP contribution in [0.2, 0.25) is 0 Å². The summed E-state index contributed by atoms with van der Waals surface area (Å²) < 4.78 is 25.2. The fourth-order valence-corrected chi connectivity index (χ4v) is 6.46. The largest absolute Gasteiger partial charge is 0.391 e. The van der Waals surface area contributed by atoms with Crippen molar-refractivity contribution in [2.24, 2.45) is 0 Å². The van der Waals surface area contributed by atoms with E-state index < -0.39 is 15.9 Å². The highest BCUT2D eigenvalue weighted by molar-refractivity contribution is 7.99. The molecule has 1 aromatic heterocycles. The van der Waals surface area contributed by atoms with Gasteiger partial charge in [0.25, 0.3) is 0 Å². The van der Waals surface area contributed by atoms with Crippen LogP contribution in [0.15, 0.2) is 96.0 Å². The summed E-state index contributed by atoms with van der Waals surface area (Å²) in [5, 5.41) is 21.1. The Morgan fingerprint density at radius 1 is 0.944 bits per heavy atom. The summed E-state index contributed by atoms with van der Waals surface area (Å²) >= 11 is 1.20. The fraction of sp³-hybridized carbons (Fsp3) is 0.172. The van der Waals surface area contributed by atoms with Crippen LogP contribution in [-0.2, 0) is 15.6 Å². The molecule has 1 N–H and O–H groups in total. The zero-order valence-electron chi connectivity index (χ0n) is 19.8. The van der Waals surface area contributed by atoms with Crippen molar-refractivity contribution < 1.29 is 13.5 Å². The van der Waals surface area contributed by atoms with Crippen LogP contribution >= 0.6 is 11.8 Å². The summed E-state index contributed by atoms with van der Waals surface area (Å²) in [5.74, 6) is -0.389. The average molecular weight is 515 g/mol. The molecule has 0 amide bonds. The van der Waals surface area contributed by atoms with Gasteiger partial charge in [0.1, 0.15) is 11.1 Å². The van der Waals surface area contributed by atoms with Gasteiger partial charge in [-0.05, 0) is 24.1 Å². The van der Waals surface area contributed by atoms with Gasteiger partial charge in [0.05, 0.1) is 28.9 Å². The lowest BCUT2D eigenvalue weighted by atomic mass is 9.99. The minimum Gasteiger partial charge on any atom is -0.391 e. The molecule has 0 bridgehead atoms. The number of hydrogen-bond donors (Lipinski definition) is 1. The Balaban J connectivity index is 1.61. The number of rotatable bonds is 9. The Labute approximate surface area is 216 Å². The van der Waals surface area contributed by atoms with Gasteiger partial charge in [0.2, 0.25) is 0 Å². The van der Waals surface area contributed by atoms with Crippen LogP contribution in [0, 0.1) is 18.3 Å². The minimum atomic E-state index is -3.51. The van der Waals surface area contributed by atoms with Gasteiger partial charge in [-0.2, -0.15) is 5.26 Å². The molecule has 0 unspecified atom stereocenters. The van der Waals surface area contributed by atoms with Crippen molar-refractivity contribution in [1.82, 2.24) is 4.98 Å². The molecule has 5 nitrogen and oxygen atoms in total. The van der Waals surface area contributed by atoms with E-state index in [0.29, 0.717) is 21.8 Å². The fourth-order valence-electron chi connectivity index (χ4n) is 3.86. The van der Waals surface area contributed by atoms with E-state index in [-0.39, 0.29) is 17.3 Å². The highest BCUT2D eigenvalue weighted by Crippen LogP contribution is 2.34. The zero-order chi connectivity index (χ0) is 25.5. The normalized spacial score (nSPS) is 12.1. The molecule has 182 valence electrons. The SMILES string of the molecule is Cc1ccc(-c2cc(-c3ccccc3)c(C#N)c(SC[C@@H](O)CS(=O)(=O)Cc3ccccc3)n2)cc1. The second-order valence-electron chi connectivity index (χ2n) is 8.58. The van der Waals surface area contributed by atoms with Gasteiger partial charge < -0.3 is 5.11 Å². The number of pyridine rings is 1. The van der Waals surface area contributed by atoms with Gasteiger partial charge in [-0.15, -0.1) is 11.8 Å². The molecule has 36 heavy (non-hydrogen) atoms. The Bertz CT molecular complexity index is 1470. The van der Waals surface area contributed by atoms with Crippen LogP contribution in [-0.4, -0.2) is 36.1 Å². The number of thioether (sulfide) groups is 1. The number of aromatic nitrogens is 1. The number of hydrogen-bond acceptors (Lipinski definition) is 6. The standard InChI is InChI=1S/C29H26N2O3S2/c1-21-12-14-24(15-13-21)28-16-26(23-10-6-3-7-11-23)27(17-30)29(31-28)35-18-25(32)20-36(33,34)19-22-8-4-2-5-9-22/h2-16,25,32H,18-20H2,1H3/t25-/m1/s1. The topological polar surface area (TPSA) is 91.0 Å². The molecule has 3 aromatic carbocycles. The first-order valence-electron chi connectivity index (χ1n) is 11.5. The van der Waals surface area contributed by atoms with E-state index in [4.69, 9.17) is 4.98 Å². The Kier molecular flexibility index (Phi) is 8.21. The number of aliphatic hydroxyl groups is 1. The minimum absolute atomic E-state index is 0.0985. The molecular formula is C29H26N2O3S2. The van der Waals surface area contributed by atoms with Gasteiger partial charge in [0.15, 0.2) is 9.84 Å². The number of nitriles is 1. The molecule has 0 aliphatic heterocycles. The molecule has 0 aliphatic carbocycles. The lowest BCUT2D eigenvalue weighted by Gasteiger charge is -2.15. The Hall–Kier alpha value is -3.44. The number of aliphatic hydroxyl groups excluding tert-OH is 1. The molecule has 1 heterocycles. The van der Waals surface area contributed by atoms with Crippen molar-refractivity contribution >= 4 is 21.6 Å². The van der Waals surface area contributed by atoms with E-state index in [0.717, 1.165) is 22.3 Å². The van der Waals surface area contributed by atoms with Crippen molar-refractivity contribution in [2.45, 2.75) is 23.8 Å². The summed E-state index contributed by atoms with van der Waals surface area (Å²) in [6.07, 6.45) is -1.10. The molecule has 0 saturated heterocycles. The molecule has 0 fully saturated rings. The summed E-state index contributed by atoms with van der Waals surface area (Å²) in [5.41, 5.74) is 5.47. The Morgan fingerprint density at radius 3 is 2.22 bits per heavy atom. The van der Waals surface area contributed by atoms with E-state index in [1.165, 1.54) is 11.8 Å². The first-order chi connectivity index (χ1) is 17.3. The summed E-state index contributed by atoms with van der Waals surface area (Å²) in [4.78, 5) is 4.75. The van der Waals surface area contributed by atoms with Crippen LogP contribution in [0.3, 0.4) is 0 Å². The van der Waals surface area contributed by atoms with Gasteiger partial charge in [-0.1, -0.05) is 90.5 Å². The first kappa shape index (κ1) is 25.6. The van der Waals surface area contributed by atoms with Crippen LogP contribution in [0.5, 0.6) is 0 Å². The van der Waals surface area contributed by atoms with Gasteiger partial charge in [-0.25, -0.2) is 13.4 Å². The second-order valence-corrected chi connectivity index (χ2v) is 11.7. The molecule has 4 rings (SSSR count). The molecule has 0 radical (unpaired) electrons. The molecule has 7 heteroatoms. The van der Waals surface area contributed by atoms with Crippen molar-refractivity contribution in [2.75, 3.05) is 11.5 Å². The van der Waals surface area contributed by atoms with Gasteiger partial charge in [0, 0.05) is 16.9 Å². The van der Waals surface area contributed by atoms with Crippen molar-refractivity contribution in [3.05, 3.63) is 108 Å². The quantitative estimate of drug-likeness (QED) is 0.290. The zero-order valence-corrected chi connectivity index (χ0v) is 21.5. The van der Waals surface area contributed by atoms with Crippen LogP contribution in [0.4, 0.5) is 0 Å². The van der Waals surface area contributed by atoms with E-state index in [9.17, 15) is 18.8 Å². The highest BCUT2D eigenvalue weighted by Gasteiger charge is 2.21. The smallest absolute Gasteiger partial charge is 0.157 e. The monoisotopic (exact) mass is 514 g/mol. The maximum absolute atomic E-state index is 12.6. The van der Waals surface area contributed by atoms with Crippen molar-refractivity contribution in [1.29, 1.82) is 5.26 Å². The maximum atomic E-state index is 12.6. The van der Waals surface area contributed by atoms with E-state index in [1.807, 2.05) is 73.7 Å². The molecule has 1 atom stereocenters. The summed E-state index contributed by atoms with van der Waals surface area (Å²) in [6, 6.07) is 30.7. The van der Waals surface area contributed by atoms with Crippen LogP contribution < -0.4 is 0 Å².